The van der Waals surface area contributed by atoms with Gasteiger partial charge in [-0.3, -0.25) is 9.78 Å². The Balaban J connectivity index is 1.23. The maximum atomic E-state index is 12.8. The molecule has 1 saturated carbocycles. The fourth-order valence-corrected chi connectivity index (χ4v) is 5.24. The number of piperidine rings is 1. The number of likely N-dealkylation sites (tertiary alicyclic amines) is 1. The van der Waals surface area contributed by atoms with Crippen LogP contribution in [0.5, 0.6) is 5.75 Å². The Kier molecular flexibility index (Phi) is 6.50. The fraction of sp³-hybridized carbons (Fsp3) is 0.739. The Bertz CT molecular complexity index is 622. The number of carbonyl (C=O) groups excluding carboxylic acids is 1. The van der Waals surface area contributed by atoms with Crippen molar-refractivity contribution in [2.75, 3.05) is 26.3 Å². The van der Waals surface area contributed by atoms with Gasteiger partial charge in [0.2, 0.25) is 5.91 Å². The van der Waals surface area contributed by atoms with Crippen molar-refractivity contribution >= 4 is 5.91 Å². The maximum Gasteiger partial charge on any atom is 0.225 e. The van der Waals surface area contributed by atoms with Gasteiger partial charge in [-0.05, 0) is 63.0 Å². The Hall–Kier alpha value is -1.62. The molecule has 0 N–H and O–H groups in total. The molecule has 1 aromatic heterocycles. The van der Waals surface area contributed by atoms with E-state index in [-0.39, 0.29) is 11.5 Å². The quantitative estimate of drug-likeness (QED) is 0.760. The van der Waals surface area contributed by atoms with Gasteiger partial charge < -0.3 is 14.4 Å². The van der Waals surface area contributed by atoms with Crippen molar-refractivity contribution in [1.82, 2.24) is 9.88 Å². The second-order valence-electron chi connectivity index (χ2n) is 8.88. The van der Waals surface area contributed by atoms with E-state index in [1.54, 1.807) is 12.4 Å². The van der Waals surface area contributed by atoms with Crippen molar-refractivity contribution in [3.63, 3.8) is 0 Å². The van der Waals surface area contributed by atoms with Crippen LogP contribution in [0.3, 0.4) is 0 Å². The van der Waals surface area contributed by atoms with Crippen LogP contribution in [-0.2, 0) is 9.53 Å². The highest BCUT2D eigenvalue weighted by atomic mass is 16.5. The molecule has 28 heavy (non-hydrogen) atoms. The third kappa shape index (κ3) is 4.86. The summed E-state index contributed by atoms with van der Waals surface area (Å²) in [6.45, 7) is 3.31. The van der Waals surface area contributed by atoms with Gasteiger partial charge in [0.05, 0.1) is 18.4 Å². The number of nitrogens with zero attached hydrogens (tertiary/aromatic N) is 2. The first-order valence-electron chi connectivity index (χ1n) is 11.2. The van der Waals surface area contributed by atoms with Crippen molar-refractivity contribution in [2.45, 2.75) is 69.8 Å². The summed E-state index contributed by atoms with van der Waals surface area (Å²) in [6.07, 6.45) is 14.7. The van der Waals surface area contributed by atoms with Gasteiger partial charge in [0, 0.05) is 31.8 Å². The predicted molar refractivity (Wildman–Crippen MR) is 108 cm³/mol. The zero-order valence-corrected chi connectivity index (χ0v) is 17.0. The molecule has 1 spiro atoms. The Morgan fingerprint density at radius 2 is 2.04 bits per heavy atom. The van der Waals surface area contributed by atoms with Crippen LogP contribution in [0.1, 0.15) is 64.2 Å². The topological polar surface area (TPSA) is 51.7 Å². The zero-order chi connectivity index (χ0) is 19.2. The van der Waals surface area contributed by atoms with Gasteiger partial charge in [-0.2, -0.15) is 0 Å². The van der Waals surface area contributed by atoms with Crippen LogP contribution in [0.2, 0.25) is 0 Å². The average molecular weight is 387 g/mol. The summed E-state index contributed by atoms with van der Waals surface area (Å²) in [4.78, 5) is 19.0. The standard InChI is InChI=1S/C23H34N2O3/c26-22(20-5-2-1-3-6-20)25-13-10-23(11-14-25)17-19(9-16-28-23)8-15-27-21-7-4-12-24-18-21/h4,7,12,18-20H,1-3,5-6,8-11,13-17H2. The van der Waals surface area contributed by atoms with E-state index < -0.39 is 0 Å². The first kappa shape index (κ1) is 19.7. The highest BCUT2D eigenvalue weighted by Gasteiger charge is 2.41. The number of carbonyl (C=O) groups is 1. The molecule has 3 heterocycles. The van der Waals surface area contributed by atoms with Crippen LogP contribution >= 0.6 is 0 Å². The van der Waals surface area contributed by atoms with Crippen molar-refractivity contribution in [3.05, 3.63) is 24.5 Å². The van der Waals surface area contributed by atoms with Crippen LogP contribution < -0.4 is 4.74 Å². The van der Waals surface area contributed by atoms with Crippen molar-refractivity contribution in [2.24, 2.45) is 11.8 Å². The molecule has 1 unspecified atom stereocenters. The minimum absolute atomic E-state index is 0.0133. The molecular formula is C23H34N2O3. The lowest BCUT2D eigenvalue weighted by atomic mass is 9.78. The fourth-order valence-electron chi connectivity index (χ4n) is 5.24. The number of rotatable bonds is 5. The highest BCUT2D eigenvalue weighted by molar-refractivity contribution is 5.79. The number of hydrogen-bond acceptors (Lipinski definition) is 4. The molecule has 0 bridgehead atoms. The van der Waals surface area contributed by atoms with Gasteiger partial charge in [-0.1, -0.05) is 19.3 Å². The smallest absolute Gasteiger partial charge is 0.225 e. The summed E-state index contributed by atoms with van der Waals surface area (Å²) >= 11 is 0. The van der Waals surface area contributed by atoms with Crippen LogP contribution in [0.25, 0.3) is 0 Å². The van der Waals surface area contributed by atoms with Crippen LogP contribution in [0.4, 0.5) is 0 Å². The Labute approximate surface area is 168 Å². The summed E-state index contributed by atoms with van der Waals surface area (Å²) in [5.74, 6) is 2.18. The monoisotopic (exact) mass is 386 g/mol. The highest BCUT2D eigenvalue weighted by Crippen LogP contribution is 2.39. The van der Waals surface area contributed by atoms with E-state index in [1.807, 2.05) is 12.1 Å². The Morgan fingerprint density at radius 3 is 2.79 bits per heavy atom. The molecule has 4 rings (SSSR count). The SMILES string of the molecule is O=C(C1CCCCC1)N1CCC2(CC1)CC(CCOc1cccnc1)CCO2. The lowest BCUT2D eigenvalue weighted by Crippen LogP contribution is -2.52. The summed E-state index contributed by atoms with van der Waals surface area (Å²) in [7, 11) is 0. The molecule has 1 aromatic rings. The number of ether oxygens (including phenoxy) is 2. The van der Waals surface area contributed by atoms with Crippen LogP contribution in [0.15, 0.2) is 24.5 Å². The molecule has 1 atom stereocenters. The average Bonchev–Trinajstić information content (AvgIpc) is 2.75. The van der Waals surface area contributed by atoms with E-state index in [0.717, 1.165) is 77.0 Å². The summed E-state index contributed by atoms with van der Waals surface area (Å²) < 4.78 is 12.1. The molecule has 5 nitrogen and oxygen atoms in total. The minimum atomic E-state index is -0.0133. The number of aromatic nitrogens is 1. The first-order valence-corrected chi connectivity index (χ1v) is 11.2. The van der Waals surface area contributed by atoms with E-state index in [2.05, 4.69) is 9.88 Å². The number of amides is 1. The van der Waals surface area contributed by atoms with E-state index in [0.29, 0.717) is 11.8 Å². The van der Waals surface area contributed by atoms with E-state index >= 15 is 0 Å². The molecular weight excluding hydrogens is 352 g/mol. The summed E-state index contributed by atoms with van der Waals surface area (Å²) in [5.41, 5.74) is -0.0133. The number of hydrogen-bond donors (Lipinski definition) is 0. The number of pyridine rings is 1. The largest absolute Gasteiger partial charge is 0.492 e. The van der Waals surface area contributed by atoms with E-state index in [1.165, 1.54) is 19.3 Å². The van der Waals surface area contributed by atoms with Gasteiger partial charge in [-0.25, -0.2) is 0 Å². The third-order valence-corrected chi connectivity index (χ3v) is 6.97. The molecule has 3 fully saturated rings. The molecule has 154 valence electrons. The predicted octanol–water partition coefficient (Wildman–Crippen LogP) is 4.22. The molecule has 3 aliphatic rings. The van der Waals surface area contributed by atoms with E-state index in [9.17, 15) is 4.79 Å². The van der Waals surface area contributed by atoms with Crippen molar-refractivity contribution < 1.29 is 14.3 Å². The van der Waals surface area contributed by atoms with Crippen molar-refractivity contribution in [1.29, 1.82) is 0 Å². The first-order chi connectivity index (χ1) is 13.7. The van der Waals surface area contributed by atoms with Gasteiger partial charge in [0.25, 0.3) is 0 Å². The molecule has 1 aliphatic carbocycles. The lowest BCUT2D eigenvalue weighted by Gasteiger charge is -2.47. The molecule has 0 aromatic carbocycles. The molecule has 0 radical (unpaired) electrons. The third-order valence-electron chi connectivity index (χ3n) is 6.97. The maximum absolute atomic E-state index is 12.8. The van der Waals surface area contributed by atoms with Crippen molar-refractivity contribution in [3.8, 4) is 5.75 Å². The second kappa shape index (κ2) is 9.25. The lowest BCUT2D eigenvalue weighted by molar-refractivity contribution is -0.151. The normalized spacial score (nSPS) is 25.6. The van der Waals surface area contributed by atoms with Gasteiger partial charge in [-0.15, -0.1) is 0 Å². The second-order valence-corrected chi connectivity index (χ2v) is 8.88. The summed E-state index contributed by atoms with van der Waals surface area (Å²) in [5, 5.41) is 0. The van der Waals surface area contributed by atoms with Gasteiger partial charge in [0.1, 0.15) is 5.75 Å². The van der Waals surface area contributed by atoms with Crippen LogP contribution in [-0.4, -0.2) is 47.7 Å². The zero-order valence-electron chi connectivity index (χ0n) is 17.0. The van der Waals surface area contributed by atoms with E-state index in [4.69, 9.17) is 9.47 Å². The van der Waals surface area contributed by atoms with Gasteiger partial charge in [0.15, 0.2) is 0 Å². The molecule has 2 saturated heterocycles. The summed E-state index contributed by atoms with van der Waals surface area (Å²) in [6, 6.07) is 3.86. The van der Waals surface area contributed by atoms with Crippen LogP contribution in [0, 0.1) is 11.8 Å². The molecule has 2 aliphatic heterocycles. The molecule has 1 amide bonds. The minimum Gasteiger partial charge on any atom is -0.492 e. The van der Waals surface area contributed by atoms with Gasteiger partial charge >= 0.3 is 0 Å². The Morgan fingerprint density at radius 1 is 1.21 bits per heavy atom. The molecule has 5 heteroatoms.